The van der Waals surface area contributed by atoms with E-state index in [1.807, 2.05) is 0 Å². The number of nitrogens with one attached hydrogen (secondary N) is 3. The average molecular weight is 950 g/mol. The van der Waals surface area contributed by atoms with Crippen LogP contribution in [0, 0.1) is 17.6 Å². The number of aromatic amines is 1. The number of halogens is 10. The lowest BCUT2D eigenvalue weighted by atomic mass is 9.96. The minimum atomic E-state index is -4.81. The summed E-state index contributed by atoms with van der Waals surface area (Å²) in [5.41, 5.74) is -4.54. The highest BCUT2D eigenvalue weighted by Crippen LogP contribution is 2.68. The predicted molar refractivity (Wildman–Crippen MR) is 215 cm³/mol. The molecule has 338 valence electrons. The van der Waals surface area contributed by atoms with Gasteiger partial charge in [0.1, 0.15) is 41.1 Å². The largest absolute Gasteiger partial charge is 0.433 e. The fourth-order valence-electron chi connectivity index (χ4n) is 8.36. The molecule has 65 heavy (non-hydrogen) atoms. The number of benzene rings is 3. The standard InChI is InChI=1S/C41H29ClF9N9O4S/c1-65(63,64)53-15-28-33-25(42)7-8-29(34(33)57-56-28)60-38(55-27-11-17(5-6-21(27)39(60)62)26-3-2-4-30(54-26)41(49,50)51)23(18-9-19(43)12-20(44)10-18)14-52-31(61)16-59-36-32(35(58-59)37(45)46)22-13-24(22)40(36,47)48/h2-12,22-24,37,53H,13-16H2,1H3,(H,52,61)(H,56,57)/t22-,23?,24+/m0/s1. The van der Waals surface area contributed by atoms with Gasteiger partial charge in [0, 0.05) is 35.0 Å². The van der Waals surface area contributed by atoms with Crippen molar-refractivity contribution < 1.29 is 52.7 Å². The summed E-state index contributed by atoms with van der Waals surface area (Å²) in [5.74, 6) is -10.8. The highest BCUT2D eigenvalue weighted by Gasteiger charge is 2.67. The molecule has 7 aromatic rings. The smallest absolute Gasteiger partial charge is 0.353 e. The van der Waals surface area contributed by atoms with Gasteiger partial charge < -0.3 is 5.32 Å². The Bertz CT molecular complexity index is 3260. The number of rotatable bonds is 12. The molecule has 13 nitrogen and oxygen atoms in total. The van der Waals surface area contributed by atoms with E-state index in [0.29, 0.717) is 10.7 Å². The lowest BCUT2D eigenvalue weighted by molar-refractivity contribution is -0.141. The lowest BCUT2D eigenvalue weighted by Gasteiger charge is -2.23. The van der Waals surface area contributed by atoms with Crippen LogP contribution in [0.4, 0.5) is 39.5 Å². The second kappa shape index (κ2) is 15.7. The van der Waals surface area contributed by atoms with E-state index in [1.54, 1.807) is 0 Å². The van der Waals surface area contributed by atoms with Crippen LogP contribution in [0.1, 0.15) is 64.4 Å². The molecule has 0 radical (unpaired) electrons. The maximum atomic E-state index is 15.4. The molecular formula is C41H29ClF9N9O4S. The number of fused-ring (bicyclic) bond motifs is 5. The van der Waals surface area contributed by atoms with Crippen molar-refractivity contribution in [1.29, 1.82) is 0 Å². The van der Waals surface area contributed by atoms with Gasteiger partial charge in [-0.25, -0.2) is 40.7 Å². The van der Waals surface area contributed by atoms with Gasteiger partial charge in [-0.15, -0.1) is 0 Å². The summed E-state index contributed by atoms with van der Waals surface area (Å²) in [7, 11) is -3.75. The second-order valence-electron chi connectivity index (χ2n) is 15.6. The van der Waals surface area contributed by atoms with Gasteiger partial charge >= 0.3 is 6.18 Å². The number of amides is 1. The molecule has 3 atom stereocenters. The highest BCUT2D eigenvalue weighted by molar-refractivity contribution is 7.88. The normalized spacial score (nSPS) is 17.2. The SMILES string of the molecule is CS(=O)(=O)NCc1n[nH]c2c(-n3c(C(CNC(=O)Cn4nc(C(F)F)c5c4C(F)(F)[C@@H]4C[C@H]54)c4cc(F)cc(F)c4)nc4cc(-c5cccc(C(F)(F)F)n5)ccc4c3=O)ccc(Cl)c12. The van der Waals surface area contributed by atoms with Gasteiger partial charge in [-0.05, 0) is 66.4 Å². The van der Waals surface area contributed by atoms with Crippen LogP contribution in [-0.4, -0.2) is 61.6 Å². The third kappa shape index (κ3) is 7.98. The Morgan fingerprint density at radius 3 is 2.46 bits per heavy atom. The molecule has 0 saturated heterocycles. The van der Waals surface area contributed by atoms with E-state index in [1.165, 1.54) is 36.4 Å². The van der Waals surface area contributed by atoms with E-state index in [4.69, 9.17) is 16.6 Å². The molecule has 0 aliphatic heterocycles. The number of alkyl halides is 7. The van der Waals surface area contributed by atoms with Gasteiger partial charge in [-0.2, -0.15) is 32.1 Å². The fraction of sp³-hybridized carbons (Fsp3) is 0.268. The third-order valence-corrected chi connectivity index (χ3v) is 12.2. The molecule has 0 spiro atoms. The third-order valence-electron chi connectivity index (χ3n) is 11.3. The van der Waals surface area contributed by atoms with Gasteiger partial charge in [-0.3, -0.25) is 23.9 Å². The van der Waals surface area contributed by atoms with E-state index < -0.39 is 99.6 Å². The number of hydrogen-bond donors (Lipinski definition) is 3. The highest BCUT2D eigenvalue weighted by atomic mass is 35.5. The van der Waals surface area contributed by atoms with Gasteiger partial charge in [0.15, 0.2) is 0 Å². The van der Waals surface area contributed by atoms with Gasteiger partial charge in [0.05, 0.1) is 57.2 Å². The topological polar surface area (TPSA) is 170 Å². The predicted octanol–water partition coefficient (Wildman–Crippen LogP) is 7.61. The quantitative estimate of drug-likeness (QED) is 0.105. The summed E-state index contributed by atoms with van der Waals surface area (Å²) >= 11 is 6.59. The van der Waals surface area contributed by atoms with Crippen LogP contribution in [0.25, 0.3) is 38.8 Å². The van der Waals surface area contributed by atoms with Crippen molar-refractivity contribution in [3.05, 3.63) is 133 Å². The molecule has 1 amide bonds. The Morgan fingerprint density at radius 1 is 1.03 bits per heavy atom. The van der Waals surface area contributed by atoms with Crippen LogP contribution in [0.5, 0.6) is 0 Å². The molecule has 4 heterocycles. The summed E-state index contributed by atoms with van der Waals surface area (Å²) in [6.07, 6.45) is -7.16. The van der Waals surface area contributed by atoms with Gasteiger partial charge in [0.25, 0.3) is 17.9 Å². The van der Waals surface area contributed by atoms with Crippen LogP contribution >= 0.6 is 11.6 Å². The zero-order valence-electron chi connectivity index (χ0n) is 33.0. The van der Waals surface area contributed by atoms with Crippen molar-refractivity contribution in [2.24, 2.45) is 5.92 Å². The number of sulfonamides is 1. The van der Waals surface area contributed by atoms with Crippen LogP contribution in [0.15, 0.2) is 71.5 Å². The van der Waals surface area contributed by atoms with Crippen LogP contribution in [-0.2, 0) is 40.0 Å². The zero-order valence-corrected chi connectivity index (χ0v) is 34.6. The van der Waals surface area contributed by atoms with E-state index in [0.717, 1.165) is 35.1 Å². The monoisotopic (exact) mass is 949 g/mol. The summed E-state index contributed by atoms with van der Waals surface area (Å²) in [5, 5.41) is 13.1. The summed E-state index contributed by atoms with van der Waals surface area (Å²) in [4.78, 5) is 37.0. The number of carbonyl (C=O) groups excluding carboxylic acids is 1. The summed E-state index contributed by atoms with van der Waals surface area (Å²) in [6, 6.07) is 12.0. The number of hydrogen-bond acceptors (Lipinski definition) is 8. The van der Waals surface area contributed by atoms with E-state index in [2.05, 4.69) is 30.3 Å². The Kier molecular flexibility index (Phi) is 10.6. The second-order valence-corrected chi connectivity index (χ2v) is 17.8. The first-order valence-electron chi connectivity index (χ1n) is 19.3. The molecule has 1 saturated carbocycles. The first kappa shape index (κ1) is 43.9. The molecule has 2 aliphatic carbocycles. The minimum absolute atomic E-state index is 0.0286. The molecule has 1 fully saturated rings. The van der Waals surface area contributed by atoms with Gasteiger partial charge in [-0.1, -0.05) is 23.7 Å². The van der Waals surface area contributed by atoms with Crippen molar-refractivity contribution >= 4 is 49.3 Å². The van der Waals surface area contributed by atoms with E-state index in [-0.39, 0.29) is 79.4 Å². The van der Waals surface area contributed by atoms with Crippen LogP contribution < -0.4 is 15.6 Å². The molecule has 1 unspecified atom stereocenters. The minimum Gasteiger partial charge on any atom is -0.353 e. The van der Waals surface area contributed by atoms with Crippen molar-refractivity contribution in [2.75, 3.05) is 12.8 Å². The Labute approximate surface area is 364 Å². The number of carbonyl (C=O) groups is 1. The lowest BCUT2D eigenvalue weighted by Crippen LogP contribution is -2.36. The van der Waals surface area contributed by atoms with Crippen LogP contribution in [0.3, 0.4) is 0 Å². The van der Waals surface area contributed by atoms with Crippen molar-refractivity contribution in [2.45, 2.75) is 49.9 Å². The summed E-state index contributed by atoms with van der Waals surface area (Å²) < 4.78 is 158. The number of pyridine rings is 1. The zero-order chi connectivity index (χ0) is 46.5. The first-order chi connectivity index (χ1) is 30.6. The van der Waals surface area contributed by atoms with Gasteiger partial charge in [0.2, 0.25) is 15.9 Å². The van der Waals surface area contributed by atoms with E-state index in [9.17, 15) is 40.0 Å². The van der Waals surface area contributed by atoms with E-state index >= 15 is 17.6 Å². The Balaban J connectivity index is 1.21. The maximum Gasteiger partial charge on any atom is 0.433 e. The number of H-pyrrole nitrogens is 1. The molecule has 2 aliphatic rings. The van der Waals surface area contributed by atoms with Crippen molar-refractivity contribution in [3.63, 3.8) is 0 Å². The molecule has 4 aromatic heterocycles. The Hall–Kier alpha value is -6.33. The molecule has 3 aromatic carbocycles. The van der Waals surface area contributed by atoms with Crippen LogP contribution in [0.2, 0.25) is 5.02 Å². The van der Waals surface area contributed by atoms with Crippen molar-refractivity contribution in [3.8, 4) is 16.9 Å². The Morgan fingerprint density at radius 2 is 1.77 bits per heavy atom. The summed E-state index contributed by atoms with van der Waals surface area (Å²) in [6.45, 7) is -2.05. The fourth-order valence-corrected chi connectivity index (χ4v) is 9.02. The van der Waals surface area contributed by atoms with Crippen molar-refractivity contribution in [1.82, 2.24) is 44.6 Å². The maximum absolute atomic E-state index is 15.4. The molecular weight excluding hydrogens is 921 g/mol. The molecule has 3 N–H and O–H groups in total. The molecule has 0 bridgehead atoms. The number of aromatic nitrogens is 7. The number of nitrogens with zero attached hydrogens (tertiary/aromatic N) is 6. The average Bonchev–Trinajstić information content (AvgIpc) is 3.67. The molecule has 9 rings (SSSR count). The first-order valence-corrected chi connectivity index (χ1v) is 21.6. The molecule has 24 heteroatoms.